The number of hydrogen-bond donors (Lipinski definition) is 0. The fourth-order valence-corrected chi connectivity index (χ4v) is 4.48. The average molecular weight is 567 g/mol. The number of esters is 1. The topological polar surface area (TPSA) is 61.3 Å². The molecule has 7 heteroatoms. The first kappa shape index (κ1) is 32.2. The molecular weight excluding hydrogens is 522 g/mol. The van der Waals surface area contributed by atoms with Crippen molar-refractivity contribution in [2.75, 3.05) is 6.61 Å². The minimum absolute atomic E-state index is 0.151. The summed E-state index contributed by atoms with van der Waals surface area (Å²) in [5.74, 6) is 0.786. The van der Waals surface area contributed by atoms with E-state index in [1.165, 1.54) is 6.92 Å². The molecule has 0 spiro atoms. The first-order chi connectivity index (χ1) is 19.8. The van der Waals surface area contributed by atoms with Crippen LogP contribution in [0.1, 0.15) is 91.4 Å². The smallest absolute Gasteiger partial charge is 0.348 e. The molecule has 0 aliphatic carbocycles. The molecule has 3 aromatic rings. The number of alkyl halides is 2. The second-order valence-corrected chi connectivity index (χ2v) is 10.8. The van der Waals surface area contributed by atoms with Gasteiger partial charge in [0.2, 0.25) is 5.67 Å². The Kier molecular flexibility index (Phi) is 13.2. The van der Waals surface area contributed by atoms with E-state index in [9.17, 15) is 13.6 Å². The zero-order valence-electron chi connectivity index (χ0n) is 24.7. The molecular formula is C34H44F2N2O3. The Hall–Kier alpha value is -3.35. The summed E-state index contributed by atoms with van der Waals surface area (Å²) in [6, 6.07) is 14.5. The fraction of sp³-hybridized carbons (Fsp3) is 0.500. The van der Waals surface area contributed by atoms with E-state index < -0.39 is 17.8 Å². The molecule has 0 unspecified atom stereocenters. The van der Waals surface area contributed by atoms with Crippen molar-refractivity contribution in [2.24, 2.45) is 0 Å². The van der Waals surface area contributed by atoms with Crippen molar-refractivity contribution in [1.82, 2.24) is 9.97 Å². The Bertz CT molecular complexity index is 1170. The number of benzene rings is 2. The van der Waals surface area contributed by atoms with Crippen LogP contribution in [0.2, 0.25) is 0 Å². The molecule has 2 atom stereocenters. The molecule has 0 radical (unpaired) electrons. The number of hydrogen-bond acceptors (Lipinski definition) is 5. The van der Waals surface area contributed by atoms with Gasteiger partial charge in [-0.1, -0.05) is 58.1 Å². The van der Waals surface area contributed by atoms with Gasteiger partial charge >= 0.3 is 5.97 Å². The summed E-state index contributed by atoms with van der Waals surface area (Å²) in [5, 5.41) is 0. The van der Waals surface area contributed by atoms with E-state index in [4.69, 9.17) is 9.47 Å². The lowest BCUT2D eigenvalue weighted by molar-refractivity contribution is -0.147. The van der Waals surface area contributed by atoms with Crippen LogP contribution in [0.25, 0.3) is 22.5 Å². The van der Waals surface area contributed by atoms with Crippen LogP contribution in [0.3, 0.4) is 0 Å². The SMILES string of the molecule is CCCCC[C@H](F)CCCCOc1ccc(-c2ncc(-c3ccc(OC(=O)[C@@](C)(F)CCCCC)cc3)cn2)cc1. The molecule has 1 aromatic heterocycles. The zero-order chi connectivity index (χ0) is 29.5. The van der Waals surface area contributed by atoms with Crippen molar-refractivity contribution in [3.05, 3.63) is 60.9 Å². The normalized spacial score (nSPS) is 13.4. The molecule has 0 amide bonds. The molecule has 0 saturated heterocycles. The van der Waals surface area contributed by atoms with Crippen LogP contribution in [0.4, 0.5) is 8.78 Å². The highest BCUT2D eigenvalue weighted by Crippen LogP contribution is 2.27. The summed E-state index contributed by atoms with van der Waals surface area (Å²) in [6.45, 7) is 6.01. The van der Waals surface area contributed by atoms with E-state index in [-0.39, 0.29) is 6.42 Å². The number of aromatic nitrogens is 2. The summed E-state index contributed by atoms with van der Waals surface area (Å²) in [7, 11) is 0. The maximum Gasteiger partial charge on any atom is 0.348 e. The predicted molar refractivity (Wildman–Crippen MR) is 161 cm³/mol. The molecule has 1 heterocycles. The van der Waals surface area contributed by atoms with Crippen LogP contribution in [-0.4, -0.2) is 34.4 Å². The second-order valence-electron chi connectivity index (χ2n) is 10.8. The van der Waals surface area contributed by atoms with Crippen molar-refractivity contribution < 1.29 is 23.0 Å². The van der Waals surface area contributed by atoms with E-state index in [1.54, 1.807) is 36.7 Å². The number of halogens is 2. The zero-order valence-corrected chi connectivity index (χ0v) is 24.7. The van der Waals surface area contributed by atoms with Crippen LogP contribution < -0.4 is 9.47 Å². The number of carbonyl (C=O) groups is 1. The highest BCUT2D eigenvalue weighted by molar-refractivity contribution is 5.81. The van der Waals surface area contributed by atoms with Gasteiger partial charge in [-0.25, -0.2) is 23.5 Å². The fourth-order valence-electron chi connectivity index (χ4n) is 4.48. The number of rotatable bonds is 18. The van der Waals surface area contributed by atoms with Crippen LogP contribution >= 0.6 is 0 Å². The van der Waals surface area contributed by atoms with Crippen molar-refractivity contribution in [2.45, 2.75) is 103 Å². The molecule has 222 valence electrons. The van der Waals surface area contributed by atoms with Crippen molar-refractivity contribution in [3.63, 3.8) is 0 Å². The average Bonchev–Trinajstić information content (AvgIpc) is 2.98. The van der Waals surface area contributed by atoms with Gasteiger partial charge in [-0.05, 0) is 87.4 Å². The Balaban J connectivity index is 1.46. The lowest BCUT2D eigenvalue weighted by Crippen LogP contribution is -2.34. The number of ether oxygens (including phenoxy) is 2. The van der Waals surface area contributed by atoms with E-state index in [2.05, 4.69) is 16.9 Å². The minimum Gasteiger partial charge on any atom is -0.494 e. The van der Waals surface area contributed by atoms with Gasteiger partial charge in [-0.3, -0.25) is 0 Å². The van der Waals surface area contributed by atoms with Crippen LogP contribution in [-0.2, 0) is 4.79 Å². The van der Waals surface area contributed by atoms with Gasteiger partial charge in [0.05, 0.1) is 6.61 Å². The molecule has 41 heavy (non-hydrogen) atoms. The first-order valence-corrected chi connectivity index (χ1v) is 15.0. The Morgan fingerprint density at radius 3 is 1.98 bits per heavy atom. The van der Waals surface area contributed by atoms with E-state index in [0.717, 1.165) is 67.4 Å². The molecule has 0 N–H and O–H groups in total. The lowest BCUT2D eigenvalue weighted by Gasteiger charge is -2.18. The molecule has 0 bridgehead atoms. The summed E-state index contributed by atoms with van der Waals surface area (Å²) in [4.78, 5) is 21.3. The van der Waals surface area contributed by atoms with Gasteiger partial charge in [-0.15, -0.1) is 0 Å². The highest BCUT2D eigenvalue weighted by atomic mass is 19.1. The molecule has 5 nitrogen and oxygen atoms in total. The second kappa shape index (κ2) is 16.8. The third-order valence-electron chi connectivity index (χ3n) is 7.14. The Morgan fingerprint density at radius 2 is 1.34 bits per heavy atom. The molecule has 0 aliphatic heterocycles. The molecule has 0 fully saturated rings. The van der Waals surface area contributed by atoms with Crippen molar-refractivity contribution in [3.8, 4) is 34.0 Å². The Morgan fingerprint density at radius 1 is 0.780 bits per heavy atom. The lowest BCUT2D eigenvalue weighted by atomic mass is 10.0. The summed E-state index contributed by atoms with van der Waals surface area (Å²) >= 11 is 0. The van der Waals surface area contributed by atoms with Crippen molar-refractivity contribution in [1.29, 1.82) is 0 Å². The van der Waals surface area contributed by atoms with E-state index >= 15 is 0 Å². The molecule has 0 aliphatic rings. The molecule has 2 aromatic carbocycles. The minimum atomic E-state index is -2.00. The summed E-state index contributed by atoms with van der Waals surface area (Å²) < 4.78 is 39.6. The molecule has 0 saturated carbocycles. The molecule has 3 rings (SSSR count). The number of carbonyl (C=O) groups excluding carboxylic acids is 1. The van der Waals surface area contributed by atoms with E-state index in [1.807, 2.05) is 31.2 Å². The first-order valence-electron chi connectivity index (χ1n) is 15.0. The summed E-state index contributed by atoms with van der Waals surface area (Å²) in [6.07, 6.45) is 11.5. The largest absolute Gasteiger partial charge is 0.494 e. The van der Waals surface area contributed by atoms with Crippen LogP contribution in [0, 0.1) is 0 Å². The van der Waals surface area contributed by atoms with Crippen LogP contribution in [0.5, 0.6) is 11.5 Å². The van der Waals surface area contributed by atoms with E-state index in [0.29, 0.717) is 37.4 Å². The maximum absolute atomic E-state index is 14.7. The third kappa shape index (κ3) is 10.9. The standard InChI is InChI=1S/C34H44F2N2O3/c1-4-6-8-12-29(35)13-9-11-23-40-30-18-16-27(17-19-30)32-37-24-28(25-38-32)26-14-20-31(21-15-26)41-33(39)34(3,36)22-10-7-5-2/h14-21,24-25,29H,4-13,22-23H2,1-3H3/t29-,34-/m0/s1. The Labute approximate surface area is 243 Å². The maximum atomic E-state index is 14.7. The third-order valence-corrected chi connectivity index (χ3v) is 7.14. The number of unbranched alkanes of at least 4 members (excludes halogenated alkanes) is 5. The van der Waals surface area contributed by atoms with Crippen LogP contribution in [0.15, 0.2) is 60.9 Å². The van der Waals surface area contributed by atoms with Gasteiger partial charge in [0.25, 0.3) is 0 Å². The monoisotopic (exact) mass is 566 g/mol. The number of nitrogens with zero attached hydrogens (tertiary/aromatic N) is 2. The summed E-state index contributed by atoms with van der Waals surface area (Å²) in [5.41, 5.74) is 0.523. The van der Waals surface area contributed by atoms with Gasteiger partial charge in [-0.2, -0.15) is 0 Å². The van der Waals surface area contributed by atoms with Crippen molar-refractivity contribution >= 4 is 5.97 Å². The van der Waals surface area contributed by atoms with Gasteiger partial charge in [0.15, 0.2) is 5.82 Å². The predicted octanol–water partition coefficient (Wildman–Crippen LogP) is 9.49. The van der Waals surface area contributed by atoms with Gasteiger partial charge in [0.1, 0.15) is 17.7 Å². The van der Waals surface area contributed by atoms with Gasteiger partial charge in [0, 0.05) is 23.5 Å². The highest BCUT2D eigenvalue weighted by Gasteiger charge is 2.34. The quantitative estimate of drug-likeness (QED) is 0.0872. The van der Waals surface area contributed by atoms with Gasteiger partial charge < -0.3 is 9.47 Å².